The average molecular weight is 813 g/mol. The van der Waals surface area contributed by atoms with Crippen molar-refractivity contribution in [3.8, 4) is 0 Å². The fraction of sp³-hybridized carbons (Fsp3) is 0.409. The number of esters is 1. The molecule has 3 saturated heterocycles. The lowest BCUT2D eigenvalue weighted by Crippen LogP contribution is -2.59. The van der Waals surface area contributed by atoms with E-state index in [2.05, 4.69) is 34.4 Å². The van der Waals surface area contributed by atoms with E-state index in [1.54, 1.807) is 24.0 Å². The van der Waals surface area contributed by atoms with E-state index in [0.29, 0.717) is 17.7 Å². The van der Waals surface area contributed by atoms with Crippen molar-refractivity contribution < 1.29 is 33.8 Å². The van der Waals surface area contributed by atoms with Crippen LogP contribution in [0.1, 0.15) is 54.5 Å². The highest BCUT2D eigenvalue weighted by molar-refractivity contribution is 9.09. The maximum Gasteiger partial charge on any atom is 0.313 e. The van der Waals surface area contributed by atoms with Crippen molar-refractivity contribution in [2.45, 2.75) is 87.2 Å². The molecule has 0 aromatic heterocycles. The number of aryl methyl sites for hydroxylation is 2. The molecule has 0 radical (unpaired) electrons. The molecule has 11 heteroatoms. The highest BCUT2D eigenvalue weighted by Gasteiger charge is 2.77. The quantitative estimate of drug-likeness (QED) is 0.104. The summed E-state index contributed by atoms with van der Waals surface area (Å²) in [6.07, 6.45) is 2.94. The number of ether oxygens (including phenoxy) is 2. The molecule has 3 fully saturated rings. The van der Waals surface area contributed by atoms with Crippen molar-refractivity contribution in [2.24, 2.45) is 11.8 Å². The van der Waals surface area contributed by atoms with Gasteiger partial charge >= 0.3 is 5.97 Å². The number of aliphatic hydroxyl groups is 1. The van der Waals surface area contributed by atoms with Crippen LogP contribution in [0, 0.1) is 25.7 Å². The summed E-state index contributed by atoms with van der Waals surface area (Å²) in [4.78, 5) is 60.7. The second kappa shape index (κ2) is 17.1. The van der Waals surface area contributed by atoms with Crippen LogP contribution in [0.4, 0.5) is 5.69 Å². The molecule has 10 nitrogen and oxygen atoms in total. The van der Waals surface area contributed by atoms with E-state index < -0.39 is 66.3 Å². The van der Waals surface area contributed by atoms with E-state index in [0.717, 1.165) is 16.7 Å². The van der Waals surface area contributed by atoms with Crippen LogP contribution in [0.3, 0.4) is 0 Å². The summed E-state index contributed by atoms with van der Waals surface area (Å²) < 4.78 is 13.2. The number of amides is 3. The van der Waals surface area contributed by atoms with E-state index in [9.17, 15) is 14.7 Å². The Hall–Kier alpha value is -4.58. The van der Waals surface area contributed by atoms with Crippen LogP contribution >= 0.6 is 15.9 Å². The van der Waals surface area contributed by atoms with Crippen molar-refractivity contribution in [1.82, 2.24) is 10.2 Å². The topological polar surface area (TPSA) is 125 Å². The van der Waals surface area contributed by atoms with Crippen LogP contribution in [0.2, 0.25) is 0 Å². The van der Waals surface area contributed by atoms with Gasteiger partial charge in [-0.3, -0.25) is 19.2 Å². The summed E-state index contributed by atoms with van der Waals surface area (Å²) in [7, 11) is 0. The van der Waals surface area contributed by atoms with Crippen LogP contribution in [-0.2, 0) is 35.1 Å². The van der Waals surface area contributed by atoms with E-state index >= 15 is 9.59 Å². The molecule has 9 atom stereocenters. The molecular formula is C44H50BrN3O7. The third kappa shape index (κ3) is 7.66. The molecule has 1 unspecified atom stereocenters. The molecule has 0 aliphatic carbocycles. The molecule has 3 heterocycles. The summed E-state index contributed by atoms with van der Waals surface area (Å²) >= 11 is 3.77. The Balaban J connectivity index is 1.42. The number of halogens is 1. The van der Waals surface area contributed by atoms with Crippen LogP contribution in [0.15, 0.2) is 104 Å². The standard InChI is InChI=1S/C44H50BrN3O7/c1-6-8-22-34(50)46-29(5)38(31-20-13-10-14-21-31)54-43(53)35-36-41(51)48(32(26-49)24-30-18-11-9-12-19-30)40(44(36)25-33(45)39(35)55-44)42(52)47(23-7-2)37-27(3)16-15-17-28(37)4/h6-7,9-21,29,32-33,35-36,38-40,49H,1-2,8,22-26H2,3-5H3,(H,46,50)/t29-,32-,33?,35+,36-,38-,39+,40+,44-/m1/s1. The smallest absolute Gasteiger partial charge is 0.313 e. The van der Waals surface area contributed by atoms with Gasteiger partial charge < -0.3 is 29.7 Å². The van der Waals surface area contributed by atoms with Gasteiger partial charge in [0.05, 0.1) is 36.6 Å². The lowest BCUT2D eigenvalue weighted by atomic mass is 9.70. The number of hydrogen-bond donors (Lipinski definition) is 2. The van der Waals surface area contributed by atoms with Crippen molar-refractivity contribution in [3.05, 3.63) is 126 Å². The van der Waals surface area contributed by atoms with Gasteiger partial charge in [-0.25, -0.2) is 0 Å². The Morgan fingerprint density at radius 2 is 1.69 bits per heavy atom. The predicted octanol–water partition coefficient (Wildman–Crippen LogP) is 5.93. The predicted molar refractivity (Wildman–Crippen MR) is 214 cm³/mol. The molecule has 0 saturated carbocycles. The van der Waals surface area contributed by atoms with E-state index in [-0.39, 0.29) is 42.4 Å². The first-order valence-electron chi connectivity index (χ1n) is 18.9. The zero-order valence-corrected chi connectivity index (χ0v) is 33.2. The van der Waals surface area contributed by atoms with Crippen molar-refractivity contribution in [2.75, 3.05) is 18.1 Å². The average Bonchev–Trinajstić information content (AvgIpc) is 3.78. The third-order valence-electron chi connectivity index (χ3n) is 11.2. The summed E-state index contributed by atoms with van der Waals surface area (Å²) in [6.45, 7) is 13.0. The number of likely N-dealkylation sites (tertiary alicyclic amines) is 1. The number of carbonyl (C=O) groups is 4. The molecule has 2 bridgehead atoms. The highest BCUT2D eigenvalue weighted by Crippen LogP contribution is 2.61. The Bertz CT molecular complexity index is 1890. The Morgan fingerprint density at radius 1 is 1.04 bits per heavy atom. The molecule has 3 aliphatic rings. The second-order valence-electron chi connectivity index (χ2n) is 14.9. The Kier molecular flexibility index (Phi) is 12.4. The normalized spacial score (nSPS) is 25.4. The number of aliphatic hydroxyl groups excluding tert-OH is 1. The summed E-state index contributed by atoms with van der Waals surface area (Å²) in [5.41, 5.74) is 2.59. The van der Waals surface area contributed by atoms with E-state index in [4.69, 9.17) is 9.47 Å². The Labute approximate surface area is 331 Å². The van der Waals surface area contributed by atoms with Crippen LogP contribution in [0.25, 0.3) is 0 Å². The maximum atomic E-state index is 15.4. The monoisotopic (exact) mass is 811 g/mol. The zero-order valence-electron chi connectivity index (χ0n) is 31.6. The maximum absolute atomic E-state index is 15.4. The number of benzene rings is 3. The number of carbonyl (C=O) groups excluding carboxylic acids is 4. The minimum absolute atomic E-state index is 0.161. The van der Waals surface area contributed by atoms with Gasteiger partial charge in [0.25, 0.3) is 5.91 Å². The van der Waals surface area contributed by atoms with E-state index in [1.807, 2.05) is 92.7 Å². The third-order valence-corrected chi connectivity index (χ3v) is 12.1. The van der Waals surface area contributed by atoms with Crippen LogP contribution < -0.4 is 10.2 Å². The van der Waals surface area contributed by atoms with Crippen LogP contribution in [-0.4, -0.2) is 81.5 Å². The van der Waals surface area contributed by atoms with E-state index in [1.165, 1.54) is 4.90 Å². The largest absolute Gasteiger partial charge is 0.455 e. The van der Waals surface area contributed by atoms with Gasteiger partial charge in [-0.2, -0.15) is 0 Å². The SMILES string of the molecule is C=CCCC(=O)N[C@H](C)[C@@H](OC(=O)[C@@H]1[C@H]2O[C@@]3(CC2Br)[C@H](C(=O)N(CC=C)c2c(C)cccc2C)N([C@@H](CO)Cc2ccccc2)C(=O)[C@@H]13)c1ccccc1. The fourth-order valence-electron chi connectivity index (χ4n) is 8.89. The molecule has 3 aliphatic heterocycles. The molecule has 290 valence electrons. The zero-order chi connectivity index (χ0) is 39.4. The number of allylic oxidation sites excluding steroid dienone is 1. The van der Waals surface area contributed by atoms with Crippen LogP contribution in [0.5, 0.6) is 0 Å². The fourth-order valence-corrected chi connectivity index (χ4v) is 9.83. The number of nitrogens with one attached hydrogen (secondary N) is 1. The lowest BCUT2D eigenvalue weighted by Gasteiger charge is -2.40. The molecule has 1 spiro atoms. The van der Waals surface area contributed by atoms with Gasteiger partial charge in [-0.15, -0.1) is 13.2 Å². The molecular weight excluding hydrogens is 762 g/mol. The minimum Gasteiger partial charge on any atom is -0.455 e. The van der Waals surface area contributed by atoms with Gasteiger partial charge in [-0.1, -0.05) is 107 Å². The molecule has 6 rings (SSSR count). The number of rotatable bonds is 16. The minimum atomic E-state index is -1.41. The van der Waals surface area contributed by atoms with Gasteiger partial charge in [0.1, 0.15) is 17.7 Å². The number of alkyl halides is 1. The van der Waals surface area contributed by atoms with Gasteiger partial charge in [-0.05, 0) is 62.3 Å². The summed E-state index contributed by atoms with van der Waals surface area (Å²) in [6, 6.07) is 21.8. The molecule has 3 aromatic rings. The Morgan fingerprint density at radius 3 is 2.31 bits per heavy atom. The first kappa shape index (κ1) is 40.1. The van der Waals surface area contributed by atoms with Crippen molar-refractivity contribution >= 4 is 45.3 Å². The van der Waals surface area contributed by atoms with Gasteiger partial charge in [0.2, 0.25) is 11.8 Å². The molecule has 3 aromatic carbocycles. The number of nitrogens with zero attached hydrogens (tertiary/aromatic N) is 2. The highest BCUT2D eigenvalue weighted by atomic mass is 79.9. The number of anilines is 1. The molecule has 3 amide bonds. The van der Waals surface area contributed by atoms with Crippen molar-refractivity contribution in [3.63, 3.8) is 0 Å². The second-order valence-corrected chi connectivity index (χ2v) is 16.0. The van der Waals surface area contributed by atoms with Crippen molar-refractivity contribution in [1.29, 1.82) is 0 Å². The molecule has 2 N–H and O–H groups in total. The van der Waals surface area contributed by atoms with Gasteiger partial charge in [0, 0.05) is 23.5 Å². The molecule has 55 heavy (non-hydrogen) atoms. The summed E-state index contributed by atoms with van der Waals surface area (Å²) in [5, 5.41) is 13.9. The van der Waals surface area contributed by atoms with Gasteiger partial charge in [0.15, 0.2) is 0 Å². The first-order valence-corrected chi connectivity index (χ1v) is 19.8. The summed E-state index contributed by atoms with van der Waals surface area (Å²) in [5.74, 6) is -3.85. The lowest BCUT2D eigenvalue weighted by molar-refractivity contribution is -0.162. The number of hydrogen-bond acceptors (Lipinski definition) is 7. The number of fused-ring (bicyclic) bond motifs is 1. The first-order chi connectivity index (χ1) is 26.5. The number of para-hydroxylation sites is 1.